The van der Waals surface area contributed by atoms with Crippen LogP contribution in [-0.4, -0.2) is 34.8 Å². The number of halogens is 1. The Morgan fingerprint density at radius 2 is 2.00 bits per heavy atom. The fraction of sp³-hybridized carbons (Fsp3) is 0.524. The van der Waals surface area contributed by atoms with Crippen LogP contribution < -0.4 is 10.6 Å². The Hall–Kier alpha value is -1.85. The summed E-state index contributed by atoms with van der Waals surface area (Å²) in [5.41, 5.74) is 5.90. The van der Waals surface area contributed by atoms with Gasteiger partial charge in [0.05, 0.1) is 12.2 Å². The fourth-order valence-electron chi connectivity index (χ4n) is 3.61. The molecule has 0 saturated carbocycles. The van der Waals surface area contributed by atoms with Gasteiger partial charge in [0, 0.05) is 24.7 Å². The Balaban J connectivity index is 0.00000261. The van der Waals surface area contributed by atoms with Crippen molar-refractivity contribution in [1.29, 1.82) is 0 Å². The third kappa shape index (κ3) is 5.81. The summed E-state index contributed by atoms with van der Waals surface area (Å²) in [6.45, 7) is 8.81. The lowest BCUT2D eigenvalue weighted by molar-refractivity contribution is -0.121. The molecule has 1 fully saturated rings. The molecule has 1 aliphatic rings. The van der Waals surface area contributed by atoms with Crippen molar-refractivity contribution in [3.05, 3.63) is 52.3 Å². The van der Waals surface area contributed by atoms with Gasteiger partial charge in [-0.3, -0.25) is 9.48 Å². The number of carbonyl (C=O) groups is 1. The number of hydrogen-bond donors (Lipinski definition) is 2. The third-order valence-electron chi connectivity index (χ3n) is 5.29. The van der Waals surface area contributed by atoms with Crippen LogP contribution in [0, 0.1) is 20.8 Å². The van der Waals surface area contributed by atoms with Crippen molar-refractivity contribution >= 4 is 18.3 Å². The Morgan fingerprint density at radius 1 is 1.26 bits per heavy atom. The molecule has 1 aliphatic heterocycles. The van der Waals surface area contributed by atoms with Gasteiger partial charge in [-0.25, -0.2) is 0 Å². The quantitative estimate of drug-likeness (QED) is 0.763. The number of amides is 1. The fourth-order valence-corrected chi connectivity index (χ4v) is 3.61. The summed E-state index contributed by atoms with van der Waals surface area (Å²) in [5.74, 6) is 0.129. The minimum absolute atomic E-state index is 0. The zero-order chi connectivity index (χ0) is 18.5. The SMILES string of the molecule is Cc1ccc(Cn2nc(C)c(CCC(=O)NCC3CCCN3)c2C)cc1.Cl. The van der Waals surface area contributed by atoms with Gasteiger partial charge in [0.2, 0.25) is 5.91 Å². The molecule has 148 valence electrons. The molecular weight excluding hydrogens is 360 g/mol. The molecule has 3 rings (SSSR count). The highest BCUT2D eigenvalue weighted by atomic mass is 35.5. The molecule has 0 radical (unpaired) electrons. The molecule has 1 amide bonds. The second-order valence-electron chi connectivity index (χ2n) is 7.39. The number of rotatable bonds is 7. The molecule has 1 aromatic carbocycles. The van der Waals surface area contributed by atoms with E-state index in [-0.39, 0.29) is 18.3 Å². The summed E-state index contributed by atoms with van der Waals surface area (Å²) < 4.78 is 2.05. The highest BCUT2D eigenvalue weighted by Crippen LogP contribution is 2.17. The second-order valence-corrected chi connectivity index (χ2v) is 7.39. The van der Waals surface area contributed by atoms with Crippen LogP contribution in [0.15, 0.2) is 24.3 Å². The zero-order valence-corrected chi connectivity index (χ0v) is 17.4. The summed E-state index contributed by atoms with van der Waals surface area (Å²) in [6, 6.07) is 9.00. The summed E-state index contributed by atoms with van der Waals surface area (Å²) in [5, 5.41) is 11.2. The second kappa shape index (κ2) is 9.90. The van der Waals surface area contributed by atoms with Crippen LogP contribution in [0.5, 0.6) is 0 Å². The molecule has 0 aliphatic carbocycles. The van der Waals surface area contributed by atoms with E-state index < -0.39 is 0 Å². The van der Waals surface area contributed by atoms with Crippen molar-refractivity contribution in [2.45, 2.75) is 59.0 Å². The Morgan fingerprint density at radius 3 is 2.67 bits per heavy atom. The number of nitrogens with one attached hydrogen (secondary N) is 2. The van der Waals surface area contributed by atoms with E-state index >= 15 is 0 Å². The van der Waals surface area contributed by atoms with Crippen molar-refractivity contribution in [3.63, 3.8) is 0 Å². The molecule has 27 heavy (non-hydrogen) atoms. The molecule has 5 nitrogen and oxygen atoms in total. The number of aryl methyl sites for hydroxylation is 2. The van der Waals surface area contributed by atoms with Crippen molar-refractivity contribution in [2.24, 2.45) is 0 Å². The highest BCUT2D eigenvalue weighted by molar-refractivity contribution is 5.85. The molecule has 2 N–H and O–H groups in total. The first-order valence-corrected chi connectivity index (χ1v) is 9.61. The van der Waals surface area contributed by atoms with Crippen molar-refractivity contribution < 1.29 is 4.79 Å². The van der Waals surface area contributed by atoms with E-state index in [0.717, 1.165) is 43.9 Å². The van der Waals surface area contributed by atoms with Gasteiger partial charge in [0.15, 0.2) is 0 Å². The van der Waals surface area contributed by atoms with Crippen LogP contribution in [-0.2, 0) is 17.8 Å². The lowest BCUT2D eigenvalue weighted by Gasteiger charge is -2.11. The number of benzene rings is 1. The summed E-state index contributed by atoms with van der Waals surface area (Å²) >= 11 is 0. The van der Waals surface area contributed by atoms with E-state index in [9.17, 15) is 4.79 Å². The first-order chi connectivity index (χ1) is 12.5. The van der Waals surface area contributed by atoms with Gasteiger partial charge in [-0.05, 0) is 57.7 Å². The average molecular weight is 391 g/mol. The first-order valence-electron chi connectivity index (χ1n) is 9.61. The Bertz CT molecular complexity index is 748. The summed E-state index contributed by atoms with van der Waals surface area (Å²) in [4.78, 5) is 12.2. The van der Waals surface area contributed by atoms with Gasteiger partial charge in [0.1, 0.15) is 0 Å². The summed E-state index contributed by atoms with van der Waals surface area (Å²) in [6.07, 6.45) is 3.63. The van der Waals surface area contributed by atoms with Crippen molar-refractivity contribution in [2.75, 3.05) is 13.1 Å². The molecule has 6 heteroatoms. The van der Waals surface area contributed by atoms with E-state index in [4.69, 9.17) is 0 Å². The molecule has 1 saturated heterocycles. The minimum Gasteiger partial charge on any atom is -0.355 e. The predicted molar refractivity (Wildman–Crippen MR) is 112 cm³/mol. The van der Waals surface area contributed by atoms with Crippen molar-refractivity contribution in [3.8, 4) is 0 Å². The van der Waals surface area contributed by atoms with Crippen molar-refractivity contribution in [1.82, 2.24) is 20.4 Å². The van der Waals surface area contributed by atoms with Crippen LogP contribution in [0.25, 0.3) is 0 Å². The van der Waals surface area contributed by atoms with Gasteiger partial charge in [-0.2, -0.15) is 5.10 Å². The lowest BCUT2D eigenvalue weighted by atomic mass is 10.1. The minimum atomic E-state index is 0. The van der Waals surface area contributed by atoms with Crippen LogP contribution in [0.4, 0.5) is 0 Å². The number of aromatic nitrogens is 2. The maximum Gasteiger partial charge on any atom is 0.220 e. The molecular formula is C21H31ClN4O. The van der Waals surface area contributed by atoms with E-state index in [0.29, 0.717) is 12.5 Å². The monoisotopic (exact) mass is 390 g/mol. The topological polar surface area (TPSA) is 59.0 Å². The molecule has 0 bridgehead atoms. The van der Waals surface area contributed by atoms with Crippen LogP contribution in [0.2, 0.25) is 0 Å². The lowest BCUT2D eigenvalue weighted by Crippen LogP contribution is -2.37. The van der Waals surface area contributed by atoms with E-state index in [1.807, 2.05) is 6.92 Å². The Labute approximate surface area is 168 Å². The maximum absolute atomic E-state index is 12.2. The number of hydrogen-bond acceptors (Lipinski definition) is 3. The molecule has 0 spiro atoms. The first kappa shape index (κ1) is 21.5. The molecule has 2 aromatic rings. The Kier molecular flexibility index (Phi) is 7.87. The van der Waals surface area contributed by atoms with Crippen LogP contribution >= 0.6 is 12.4 Å². The van der Waals surface area contributed by atoms with Gasteiger partial charge in [-0.15, -0.1) is 12.4 Å². The number of carbonyl (C=O) groups excluding carboxylic acids is 1. The molecule has 1 unspecified atom stereocenters. The summed E-state index contributed by atoms with van der Waals surface area (Å²) in [7, 11) is 0. The highest BCUT2D eigenvalue weighted by Gasteiger charge is 2.16. The van der Waals surface area contributed by atoms with Crippen LogP contribution in [0.3, 0.4) is 0 Å². The average Bonchev–Trinajstić information content (AvgIpc) is 3.23. The smallest absolute Gasteiger partial charge is 0.220 e. The predicted octanol–water partition coefficient (Wildman–Crippen LogP) is 3.08. The van der Waals surface area contributed by atoms with Crippen LogP contribution in [0.1, 0.15) is 47.3 Å². The molecule has 2 heterocycles. The maximum atomic E-state index is 12.2. The third-order valence-corrected chi connectivity index (χ3v) is 5.29. The van der Waals surface area contributed by atoms with Gasteiger partial charge < -0.3 is 10.6 Å². The molecule has 1 atom stereocenters. The van der Waals surface area contributed by atoms with E-state index in [2.05, 4.69) is 58.5 Å². The van der Waals surface area contributed by atoms with E-state index in [1.165, 1.54) is 23.1 Å². The van der Waals surface area contributed by atoms with E-state index in [1.54, 1.807) is 0 Å². The zero-order valence-electron chi connectivity index (χ0n) is 16.5. The van der Waals surface area contributed by atoms with Gasteiger partial charge >= 0.3 is 0 Å². The molecule has 1 aromatic heterocycles. The normalized spacial score (nSPS) is 16.2. The number of nitrogens with zero attached hydrogens (tertiary/aromatic N) is 2. The largest absolute Gasteiger partial charge is 0.355 e. The van der Waals surface area contributed by atoms with Gasteiger partial charge in [0.25, 0.3) is 0 Å². The van der Waals surface area contributed by atoms with Gasteiger partial charge in [-0.1, -0.05) is 29.8 Å². The standard InChI is InChI=1S/C21H30N4O.ClH/c1-15-6-8-18(9-7-15)14-25-17(3)20(16(2)24-25)10-11-21(26)23-13-19-5-4-12-22-19;/h6-9,19,22H,4-5,10-14H2,1-3H3,(H,23,26);1H.